The Hall–Kier alpha value is -1.52. The Bertz CT molecular complexity index is 875. The number of aliphatic carboxylic acids is 1. The first kappa shape index (κ1) is 48.5. The molecule has 0 amide bonds. The van der Waals surface area contributed by atoms with Gasteiger partial charge in [0.05, 0.1) is 13.2 Å². The summed E-state index contributed by atoms with van der Waals surface area (Å²) in [5.41, 5.74) is 5.31. The number of ether oxygens (including phenoxy) is 2. The van der Waals surface area contributed by atoms with Crippen LogP contribution in [0.5, 0.6) is 0 Å². The Morgan fingerprint density at radius 1 is 0.540 bits per heavy atom. The SMILES string of the molecule is CCCCCCCCCCCCCCCCCCCCCC(=O)OC[C@@H](COP(=O)(O)OC[C@@H](N)C(=O)O)OC(=O)CCCCCCCCC. The molecule has 0 aromatic heterocycles. The fraction of sp³-hybridized carbons (Fsp3) is 0.921. The molecule has 4 N–H and O–H groups in total. The van der Waals surface area contributed by atoms with Gasteiger partial charge in [0, 0.05) is 12.8 Å². The summed E-state index contributed by atoms with van der Waals surface area (Å²) in [7, 11) is -4.70. The van der Waals surface area contributed by atoms with Crippen LogP contribution in [0.15, 0.2) is 0 Å². The van der Waals surface area contributed by atoms with Crippen molar-refractivity contribution in [1.82, 2.24) is 0 Å². The number of carbonyl (C=O) groups excluding carboxylic acids is 2. The van der Waals surface area contributed by atoms with E-state index in [1.54, 1.807) is 0 Å². The average Bonchev–Trinajstić information content (AvgIpc) is 3.09. The van der Waals surface area contributed by atoms with Crippen molar-refractivity contribution in [3.63, 3.8) is 0 Å². The number of phosphoric acid groups is 1. The molecular formula is C38H74NO10P. The molecular weight excluding hydrogens is 661 g/mol. The second-order valence-corrected chi connectivity index (χ2v) is 15.2. The van der Waals surface area contributed by atoms with Crippen molar-refractivity contribution < 1.29 is 47.5 Å². The summed E-state index contributed by atoms with van der Waals surface area (Å²) < 4.78 is 32.5. The van der Waals surface area contributed by atoms with Crippen LogP contribution in [0.4, 0.5) is 0 Å². The van der Waals surface area contributed by atoms with Crippen molar-refractivity contribution in [3.05, 3.63) is 0 Å². The van der Waals surface area contributed by atoms with Crippen molar-refractivity contribution in [2.75, 3.05) is 19.8 Å². The molecule has 296 valence electrons. The van der Waals surface area contributed by atoms with Gasteiger partial charge >= 0.3 is 25.7 Å². The molecule has 0 saturated heterocycles. The van der Waals surface area contributed by atoms with Gasteiger partial charge in [0.1, 0.15) is 12.6 Å². The monoisotopic (exact) mass is 736 g/mol. The van der Waals surface area contributed by atoms with Crippen LogP contribution in [0.2, 0.25) is 0 Å². The van der Waals surface area contributed by atoms with Gasteiger partial charge in [-0.15, -0.1) is 0 Å². The normalized spacial score (nSPS) is 13.8. The molecule has 11 nitrogen and oxygen atoms in total. The topological polar surface area (TPSA) is 172 Å². The lowest BCUT2D eigenvalue weighted by Gasteiger charge is -2.20. The summed E-state index contributed by atoms with van der Waals surface area (Å²) in [5, 5.41) is 8.84. The quantitative estimate of drug-likeness (QED) is 0.0313. The van der Waals surface area contributed by atoms with Gasteiger partial charge in [-0.25, -0.2) is 4.57 Å². The van der Waals surface area contributed by atoms with E-state index in [4.69, 9.17) is 24.8 Å². The maximum absolute atomic E-state index is 12.4. The Morgan fingerprint density at radius 2 is 0.880 bits per heavy atom. The number of carbonyl (C=O) groups is 3. The second kappa shape index (κ2) is 34.6. The van der Waals surface area contributed by atoms with Crippen LogP contribution in [0.1, 0.15) is 194 Å². The van der Waals surface area contributed by atoms with E-state index in [2.05, 4.69) is 18.4 Å². The summed E-state index contributed by atoms with van der Waals surface area (Å²) in [6, 6.07) is -1.51. The zero-order valence-electron chi connectivity index (χ0n) is 31.8. The van der Waals surface area contributed by atoms with Crippen molar-refractivity contribution in [2.45, 2.75) is 206 Å². The van der Waals surface area contributed by atoms with E-state index in [1.807, 2.05) is 0 Å². The summed E-state index contributed by atoms with van der Waals surface area (Å²) in [6.07, 6.45) is 30.6. The van der Waals surface area contributed by atoms with Crippen LogP contribution in [-0.2, 0) is 37.5 Å². The predicted octanol–water partition coefficient (Wildman–Crippen LogP) is 9.95. The van der Waals surface area contributed by atoms with Crippen molar-refractivity contribution in [3.8, 4) is 0 Å². The standard InChI is InChI=1S/C38H74NO10P/c1-3-5-7-9-11-12-13-14-15-16-17-18-19-20-21-22-24-25-27-29-36(40)46-31-34(32-47-50(44,45)48-33-35(39)38(42)43)49-37(41)30-28-26-23-10-8-6-4-2/h34-35H,3-33,39H2,1-2H3,(H,42,43)(H,44,45)/t34-,35+/m0/s1. The minimum atomic E-state index is -4.70. The average molecular weight is 736 g/mol. The first-order chi connectivity index (χ1) is 24.1. The molecule has 0 fully saturated rings. The smallest absolute Gasteiger partial charge is 0.472 e. The zero-order chi connectivity index (χ0) is 37.1. The Morgan fingerprint density at radius 3 is 1.26 bits per heavy atom. The summed E-state index contributed by atoms with van der Waals surface area (Å²) in [5.74, 6) is -2.37. The van der Waals surface area contributed by atoms with E-state index in [0.717, 1.165) is 44.9 Å². The second-order valence-electron chi connectivity index (χ2n) is 13.8. The van der Waals surface area contributed by atoms with Crippen molar-refractivity contribution in [1.29, 1.82) is 0 Å². The fourth-order valence-corrected chi connectivity index (χ4v) is 6.43. The van der Waals surface area contributed by atoms with Gasteiger partial charge in [-0.2, -0.15) is 0 Å². The van der Waals surface area contributed by atoms with Crippen LogP contribution in [0.25, 0.3) is 0 Å². The highest BCUT2D eigenvalue weighted by molar-refractivity contribution is 7.47. The number of hydrogen-bond acceptors (Lipinski definition) is 9. The van der Waals surface area contributed by atoms with Crippen LogP contribution < -0.4 is 5.73 Å². The van der Waals surface area contributed by atoms with Crippen molar-refractivity contribution in [2.24, 2.45) is 5.73 Å². The lowest BCUT2D eigenvalue weighted by Crippen LogP contribution is -2.34. The number of nitrogens with two attached hydrogens (primary N) is 1. The molecule has 0 aromatic carbocycles. The molecule has 0 bridgehead atoms. The van der Waals surface area contributed by atoms with Crippen LogP contribution in [-0.4, -0.2) is 59.9 Å². The molecule has 1 unspecified atom stereocenters. The Kier molecular flexibility index (Phi) is 33.5. The minimum Gasteiger partial charge on any atom is -0.480 e. The largest absolute Gasteiger partial charge is 0.480 e. The van der Waals surface area contributed by atoms with Gasteiger partial charge < -0.3 is 25.2 Å². The van der Waals surface area contributed by atoms with Crippen LogP contribution >= 0.6 is 7.82 Å². The lowest BCUT2D eigenvalue weighted by molar-refractivity contribution is -0.161. The number of unbranched alkanes of at least 4 members (excludes halogenated alkanes) is 24. The van der Waals surface area contributed by atoms with E-state index < -0.39 is 51.1 Å². The lowest BCUT2D eigenvalue weighted by atomic mass is 10.0. The molecule has 0 aliphatic rings. The highest BCUT2D eigenvalue weighted by atomic mass is 31.2. The van der Waals surface area contributed by atoms with Gasteiger partial charge in [0.2, 0.25) is 0 Å². The number of hydrogen-bond donors (Lipinski definition) is 3. The van der Waals surface area contributed by atoms with E-state index in [1.165, 1.54) is 109 Å². The van der Waals surface area contributed by atoms with Gasteiger partial charge in [-0.05, 0) is 12.8 Å². The molecule has 0 aromatic rings. The first-order valence-electron chi connectivity index (χ1n) is 20.1. The van der Waals surface area contributed by atoms with Crippen LogP contribution in [0.3, 0.4) is 0 Å². The molecule has 50 heavy (non-hydrogen) atoms. The number of carboxylic acids is 1. The number of esters is 2. The molecule has 0 aliphatic heterocycles. The van der Waals surface area contributed by atoms with Gasteiger partial charge in [-0.1, -0.05) is 168 Å². The third-order valence-corrected chi connectivity index (χ3v) is 9.81. The molecule has 0 radical (unpaired) electrons. The summed E-state index contributed by atoms with van der Waals surface area (Å²) in [6.45, 7) is 2.75. The first-order valence-corrected chi connectivity index (χ1v) is 21.6. The molecule has 0 spiro atoms. The van der Waals surface area contributed by atoms with E-state index >= 15 is 0 Å². The van der Waals surface area contributed by atoms with Gasteiger partial charge in [0.25, 0.3) is 0 Å². The maximum atomic E-state index is 12.4. The highest BCUT2D eigenvalue weighted by Gasteiger charge is 2.28. The molecule has 0 aliphatic carbocycles. The zero-order valence-corrected chi connectivity index (χ0v) is 32.7. The van der Waals surface area contributed by atoms with E-state index in [0.29, 0.717) is 12.8 Å². The van der Waals surface area contributed by atoms with E-state index in [9.17, 15) is 23.8 Å². The molecule has 12 heteroatoms. The Balaban J connectivity index is 4.18. The third kappa shape index (κ3) is 33.6. The van der Waals surface area contributed by atoms with Crippen molar-refractivity contribution >= 4 is 25.7 Å². The molecule has 0 rings (SSSR count). The number of rotatable bonds is 38. The molecule has 3 atom stereocenters. The third-order valence-electron chi connectivity index (χ3n) is 8.86. The van der Waals surface area contributed by atoms with E-state index in [-0.39, 0.29) is 19.4 Å². The number of carboxylic acid groups (broad SMARTS) is 1. The number of phosphoric ester groups is 1. The Labute approximate surface area is 304 Å². The molecule has 0 heterocycles. The van der Waals surface area contributed by atoms with Gasteiger partial charge in [0.15, 0.2) is 6.10 Å². The highest BCUT2D eigenvalue weighted by Crippen LogP contribution is 2.43. The predicted molar refractivity (Wildman–Crippen MR) is 199 cm³/mol. The van der Waals surface area contributed by atoms with Gasteiger partial charge in [-0.3, -0.25) is 23.4 Å². The molecule has 0 saturated carbocycles. The summed E-state index contributed by atoms with van der Waals surface area (Å²) >= 11 is 0. The maximum Gasteiger partial charge on any atom is 0.472 e. The minimum absolute atomic E-state index is 0.165. The van der Waals surface area contributed by atoms with Crippen LogP contribution in [0, 0.1) is 0 Å². The fourth-order valence-electron chi connectivity index (χ4n) is 5.65. The summed E-state index contributed by atoms with van der Waals surface area (Å²) in [4.78, 5) is 45.6.